The molecular weight excluding hydrogens is 492 g/mol. The van der Waals surface area contributed by atoms with Crippen LogP contribution in [0.5, 0.6) is 0 Å². The van der Waals surface area contributed by atoms with Crippen molar-refractivity contribution in [2.75, 3.05) is 5.73 Å². The van der Waals surface area contributed by atoms with Crippen LogP contribution in [0.3, 0.4) is 0 Å². The summed E-state index contributed by atoms with van der Waals surface area (Å²) in [5, 5.41) is 14.8. The van der Waals surface area contributed by atoms with Crippen LogP contribution in [0, 0.1) is 5.41 Å². The molecule has 4 atom stereocenters. The second-order valence-corrected chi connectivity index (χ2v) is 11.6. The number of aliphatic hydroxyl groups is 1. The highest BCUT2D eigenvalue weighted by atomic mass is 16.3. The molecule has 4 heterocycles. The van der Waals surface area contributed by atoms with Gasteiger partial charge in [0.15, 0.2) is 11.4 Å². The Kier molecular flexibility index (Phi) is 4.89. The van der Waals surface area contributed by atoms with Crippen molar-refractivity contribution in [3.05, 3.63) is 66.1 Å². The van der Waals surface area contributed by atoms with Crippen LogP contribution < -0.4 is 5.73 Å². The van der Waals surface area contributed by atoms with Gasteiger partial charge in [0.2, 0.25) is 0 Å². The molecule has 9 nitrogen and oxygen atoms in total. The minimum atomic E-state index is -1.41. The Labute approximate surface area is 225 Å². The topological polar surface area (TPSA) is 127 Å². The molecule has 4 unspecified atom stereocenters. The molecule has 0 bridgehead atoms. The van der Waals surface area contributed by atoms with E-state index in [-0.39, 0.29) is 40.9 Å². The molecule has 9 heteroatoms. The van der Waals surface area contributed by atoms with E-state index in [1.165, 1.54) is 25.3 Å². The Morgan fingerprint density at radius 2 is 1.85 bits per heavy atom. The number of piperidine rings is 2. The van der Waals surface area contributed by atoms with Crippen LogP contribution in [0.4, 0.5) is 5.82 Å². The number of amides is 1. The van der Waals surface area contributed by atoms with E-state index < -0.39 is 5.60 Å². The number of nitrogens with two attached hydrogens (primary N) is 1. The molecule has 3 aliphatic rings. The number of Topliss-reactive ketones (excluding diaryl/α,β-unsaturated/α-hetero) is 1. The van der Waals surface area contributed by atoms with Crippen molar-refractivity contribution in [2.45, 2.75) is 63.6 Å². The smallest absolute Gasteiger partial charge is 0.254 e. The van der Waals surface area contributed by atoms with Gasteiger partial charge in [-0.1, -0.05) is 36.4 Å². The summed E-state index contributed by atoms with van der Waals surface area (Å²) in [6.45, 7) is 4.59. The van der Waals surface area contributed by atoms with E-state index in [9.17, 15) is 14.7 Å². The second kappa shape index (κ2) is 7.95. The van der Waals surface area contributed by atoms with Crippen LogP contribution in [0.15, 0.2) is 54.9 Å². The lowest BCUT2D eigenvalue weighted by Gasteiger charge is -2.79. The molecule has 2 aliphatic carbocycles. The van der Waals surface area contributed by atoms with Gasteiger partial charge in [-0.15, -0.1) is 0 Å². The van der Waals surface area contributed by atoms with E-state index in [2.05, 4.69) is 10.1 Å². The van der Waals surface area contributed by atoms with Gasteiger partial charge in [0, 0.05) is 46.3 Å². The van der Waals surface area contributed by atoms with E-state index in [0.29, 0.717) is 23.3 Å². The maximum atomic E-state index is 12.9. The first-order chi connectivity index (χ1) is 18.6. The number of hydrogen-bond acceptors (Lipinski definition) is 7. The average molecular weight is 523 g/mol. The van der Waals surface area contributed by atoms with Crippen molar-refractivity contribution in [3.8, 4) is 22.4 Å². The summed E-state index contributed by atoms with van der Waals surface area (Å²) in [6, 6.07) is 14.1. The van der Waals surface area contributed by atoms with Crippen LogP contribution >= 0.6 is 0 Å². The lowest BCUT2D eigenvalue weighted by molar-refractivity contribution is -0.276. The Morgan fingerprint density at radius 1 is 1.08 bits per heavy atom. The fourth-order valence-electron chi connectivity index (χ4n) is 7.19. The molecule has 1 aliphatic heterocycles. The highest BCUT2D eigenvalue weighted by Crippen LogP contribution is 2.74. The zero-order valence-corrected chi connectivity index (χ0v) is 22.1. The summed E-state index contributed by atoms with van der Waals surface area (Å²) < 4.78 is 1.54. The number of hydrogen-bond donors (Lipinski definition) is 2. The Bertz CT molecular complexity index is 1650. The molecule has 1 spiro atoms. The quantitative estimate of drug-likeness (QED) is 0.381. The molecule has 3 fully saturated rings. The van der Waals surface area contributed by atoms with Crippen molar-refractivity contribution in [1.82, 2.24) is 24.5 Å². The summed E-state index contributed by atoms with van der Waals surface area (Å²) in [6.07, 6.45) is 6.07. The number of aromatic nitrogens is 4. The minimum Gasteiger partial charge on any atom is -0.383 e. The zero-order valence-electron chi connectivity index (χ0n) is 22.1. The molecule has 1 aromatic carbocycles. The van der Waals surface area contributed by atoms with Gasteiger partial charge in [0.1, 0.15) is 11.4 Å². The highest BCUT2D eigenvalue weighted by Gasteiger charge is 2.77. The predicted molar refractivity (Wildman–Crippen MR) is 146 cm³/mol. The van der Waals surface area contributed by atoms with E-state index in [0.717, 1.165) is 35.2 Å². The van der Waals surface area contributed by atoms with E-state index in [1.54, 1.807) is 6.20 Å². The number of pyridine rings is 1. The minimum absolute atomic E-state index is 0.0136. The van der Waals surface area contributed by atoms with Gasteiger partial charge >= 0.3 is 0 Å². The third-order valence-electron chi connectivity index (χ3n) is 9.17. The van der Waals surface area contributed by atoms with Crippen molar-refractivity contribution in [1.29, 1.82) is 0 Å². The molecule has 0 radical (unpaired) electrons. The number of rotatable bonds is 5. The first-order valence-corrected chi connectivity index (χ1v) is 13.4. The van der Waals surface area contributed by atoms with Crippen LogP contribution in [-0.2, 0) is 4.79 Å². The van der Waals surface area contributed by atoms with E-state index >= 15 is 0 Å². The Morgan fingerprint density at radius 3 is 2.44 bits per heavy atom. The van der Waals surface area contributed by atoms with Crippen molar-refractivity contribution in [3.63, 3.8) is 0 Å². The molecule has 3 aromatic heterocycles. The van der Waals surface area contributed by atoms with Crippen LogP contribution in [0.1, 0.15) is 62.0 Å². The summed E-state index contributed by atoms with van der Waals surface area (Å²) in [5.41, 5.74) is 10.3. The van der Waals surface area contributed by atoms with Gasteiger partial charge in [-0.3, -0.25) is 14.6 Å². The molecular formula is C30H30N6O3. The molecule has 4 aromatic rings. The third kappa shape index (κ3) is 3.13. The lowest BCUT2D eigenvalue weighted by Crippen LogP contribution is -2.86. The molecule has 39 heavy (non-hydrogen) atoms. The first kappa shape index (κ1) is 24.0. The van der Waals surface area contributed by atoms with Gasteiger partial charge < -0.3 is 15.7 Å². The SMILES string of the molecule is CC(=O)c1c(C2CC3N(C(=O)C(C)(C)O)C4CCC243)nc2c(-c3ccc(-c4ccccc4)nc3)cnn2c1N. The fourth-order valence-corrected chi connectivity index (χ4v) is 7.19. The molecule has 1 amide bonds. The number of ketones is 1. The molecule has 3 N–H and O–H groups in total. The molecule has 1 saturated heterocycles. The predicted octanol–water partition coefficient (Wildman–Crippen LogP) is 3.86. The molecule has 7 rings (SSSR count). The van der Waals surface area contributed by atoms with Crippen molar-refractivity contribution < 1.29 is 14.7 Å². The molecule has 2 saturated carbocycles. The fraction of sp³-hybridized carbons (Fsp3) is 0.367. The van der Waals surface area contributed by atoms with Crippen LogP contribution in [-0.4, -0.2) is 59.0 Å². The van der Waals surface area contributed by atoms with Gasteiger partial charge in [0.25, 0.3) is 5.91 Å². The number of benzene rings is 1. The number of fused-ring (bicyclic) bond motifs is 1. The maximum absolute atomic E-state index is 12.9. The number of likely N-dealkylation sites (tertiary alicyclic amines) is 1. The largest absolute Gasteiger partial charge is 0.383 e. The second-order valence-electron chi connectivity index (χ2n) is 11.6. The summed E-state index contributed by atoms with van der Waals surface area (Å²) in [5.74, 6) is -0.0884. The van der Waals surface area contributed by atoms with Crippen molar-refractivity contribution >= 4 is 23.2 Å². The molecule has 198 valence electrons. The van der Waals surface area contributed by atoms with E-state index in [4.69, 9.17) is 10.7 Å². The standard InChI is InChI=1S/C30H30N6O3/c1-16(37)24-25(20-13-23-30(20)12-11-22(30)35(23)28(38)29(2,3)39)34-27-19(15-33-36(27)26(24)31)18-9-10-21(32-14-18)17-7-5-4-6-8-17/h4-10,14-15,20,22-23,39H,11-13,31H2,1-3H3. The normalized spacial score (nSPS) is 25.2. The van der Waals surface area contributed by atoms with Crippen LogP contribution in [0.2, 0.25) is 0 Å². The van der Waals surface area contributed by atoms with Crippen molar-refractivity contribution in [2.24, 2.45) is 5.41 Å². The number of carbonyl (C=O) groups excluding carboxylic acids is 2. The summed E-state index contributed by atoms with van der Waals surface area (Å²) >= 11 is 0. The number of nitrogens with zero attached hydrogens (tertiary/aromatic N) is 5. The number of carbonyl (C=O) groups is 2. The summed E-state index contributed by atoms with van der Waals surface area (Å²) in [7, 11) is 0. The Hall–Kier alpha value is -4.11. The zero-order chi connectivity index (χ0) is 27.3. The lowest BCUT2D eigenvalue weighted by atomic mass is 9.37. The third-order valence-corrected chi connectivity index (χ3v) is 9.17. The first-order valence-electron chi connectivity index (χ1n) is 13.4. The van der Waals surface area contributed by atoms with Crippen LogP contribution in [0.25, 0.3) is 28.0 Å². The van der Waals surface area contributed by atoms with Gasteiger partial charge in [-0.25, -0.2) is 4.98 Å². The number of anilines is 1. The summed E-state index contributed by atoms with van der Waals surface area (Å²) in [4.78, 5) is 37.4. The van der Waals surface area contributed by atoms with Gasteiger partial charge in [0.05, 0.1) is 23.1 Å². The van der Waals surface area contributed by atoms with E-state index in [1.807, 2.05) is 53.6 Å². The maximum Gasteiger partial charge on any atom is 0.254 e. The Balaban J connectivity index is 1.28. The highest BCUT2D eigenvalue weighted by molar-refractivity contribution is 6.00. The van der Waals surface area contributed by atoms with Gasteiger partial charge in [-0.05, 0) is 46.1 Å². The average Bonchev–Trinajstić information content (AvgIpc) is 3.31. The number of nitrogen functional groups attached to an aromatic ring is 1. The van der Waals surface area contributed by atoms with Gasteiger partial charge in [-0.2, -0.15) is 9.61 Å². The monoisotopic (exact) mass is 522 g/mol.